The Morgan fingerprint density at radius 2 is 2.10 bits per heavy atom. The highest BCUT2D eigenvalue weighted by molar-refractivity contribution is 5.89. The van der Waals surface area contributed by atoms with Crippen molar-refractivity contribution >= 4 is 16.9 Å². The first-order valence-electron chi connectivity index (χ1n) is 7.37. The maximum atomic E-state index is 4.56. The van der Waals surface area contributed by atoms with Crippen LogP contribution in [0, 0.1) is 6.92 Å². The lowest BCUT2D eigenvalue weighted by atomic mass is 10.1. The van der Waals surface area contributed by atoms with Crippen molar-refractivity contribution in [3.8, 4) is 0 Å². The van der Waals surface area contributed by atoms with Gasteiger partial charge in [-0.15, -0.1) is 0 Å². The molecule has 106 valence electrons. The molecule has 2 fully saturated rings. The molecule has 2 saturated heterocycles. The van der Waals surface area contributed by atoms with Crippen LogP contribution in [-0.4, -0.2) is 56.9 Å². The van der Waals surface area contributed by atoms with Gasteiger partial charge in [0, 0.05) is 32.7 Å². The van der Waals surface area contributed by atoms with Crippen LogP contribution in [0.1, 0.15) is 18.5 Å². The Morgan fingerprint density at radius 1 is 1.20 bits per heavy atom. The minimum absolute atomic E-state index is 0.700. The fourth-order valence-corrected chi connectivity index (χ4v) is 3.68. The highest BCUT2D eigenvalue weighted by Gasteiger charge is 2.32. The van der Waals surface area contributed by atoms with Crippen molar-refractivity contribution in [3.63, 3.8) is 0 Å². The molecule has 0 unspecified atom stereocenters. The molecule has 0 saturated carbocycles. The van der Waals surface area contributed by atoms with Crippen LogP contribution >= 0.6 is 0 Å². The number of hydrogen-bond acceptors (Lipinski definition) is 5. The van der Waals surface area contributed by atoms with Crippen LogP contribution in [0.2, 0.25) is 0 Å². The van der Waals surface area contributed by atoms with Gasteiger partial charge in [0.15, 0.2) is 5.65 Å². The molecule has 1 atom stereocenters. The number of rotatable bonds is 1. The van der Waals surface area contributed by atoms with Crippen molar-refractivity contribution in [1.82, 2.24) is 24.6 Å². The fraction of sp³-hybridized carbons (Fsp3) is 0.643. The zero-order chi connectivity index (χ0) is 13.7. The Labute approximate surface area is 118 Å². The number of fused-ring (bicyclic) bond motifs is 2. The van der Waals surface area contributed by atoms with Crippen LogP contribution in [0.4, 0.5) is 5.82 Å². The van der Waals surface area contributed by atoms with Gasteiger partial charge in [0.2, 0.25) is 0 Å². The van der Waals surface area contributed by atoms with Crippen molar-refractivity contribution in [1.29, 1.82) is 0 Å². The summed E-state index contributed by atoms with van der Waals surface area (Å²) in [6, 6.07) is 0.700. The first kappa shape index (κ1) is 12.1. The molecule has 4 heterocycles. The van der Waals surface area contributed by atoms with E-state index in [9.17, 15) is 0 Å². The van der Waals surface area contributed by atoms with E-state index in [0.29, 0.717) is 6.04 Å². The largest absolute Gasteiger partial charge is 0.353 e. The van der Waals surface area contributed by atoms with E-state index in [2.05, 4.69) is 24.9 Å². The lowest BCUT2D eigenvalue weighted by Gasteiger charge is -2.38. The van der Waals surface area contributed by atoms with E-state index in [1.165, 1.54) is 19.4 Å². The molecule has 0 radical (unpaired) electrons. The number of hydrogen-bond donors (Lipinski definition) is 0. The summed E-state index contributed by atoms with van der Waals surface area (Å²) in [5.74, 6) is 1.06. The minimum Gasteiger partial charge on any atom is -0.353 e. The molecule has 2 aromatic rings. The van der Waals surface area contributed by atoms with Crippen LogP contribution < -0.4 is 4.90 Å². The monoisotopic (exact) mass is 272 g/mol. The number of anilines is 1. The van der Waals surface area contributed by atoms with Crippen molar-refractivity contribution in [3.05, 3.63) is 12.0 Å². The minimum atomic E-state index is 0.700. The maximum absolute atomic E-state index is 4.56. The molecular weight excluding hydrogens is 252 g/mol. The van der Waals surface area contributed by atoms with Gasteiger partial charge in [-0.05, 0) is 26.3 Å². The zero-order valence-electron chi connectivity index (χ0n) is 12.1. The van der Waals surface area contributed by atoms with E-state index in [1.54, 1.807) is 6.33 Å². The lowest BCUT2D eigenvalue weighted by molar-refractivity contribution is 0.230. The summed E-state index contributed by atoms with van der Waals surface area (Å²) in [4.78, 5) is 14.0. The molecule has 0 spiro atoms. The molecule has 0 aliphatic carbocycles. The predicted octanol–water partition coefficient (Wildman–Crippen LogP) is 0.956. The second-order valence-electron chi connectivity index (χ2n) is 5.88. The van der Waals surface area contributed by atoms with Gasteiger partial charge < -0.3 is 4.90 Å². The Hall–Kier alpha value is -1.69. The Bertz CT molecular complexity index is 648. The molecule has 2 aliphatic rings. The van der Waals surface area contributed by atoms with Crippen LogP contribution in [0.5, 0.6) is 0 Å². The third-order valence-corrected chi connectivity index (χ3v) is 4.66. The third-order valence-electron chi connectivity index (χ3n) is 4.66. The lowest BCUT2D eigenvalue weighted by Crippen LogP contribution is -2.50. The molecule has 2 aliphatic heterocycles. The standard InChI is InChI=1S/C14H20N6/c1-10-12-13(18(2)17-10)15-9-16-14(12)20-7-6-19-5-3-4-11(19)8-20/h9,11H,3-8H2,1-2H3/t11-/m0/s1. The summed E-state index contributed by atoms with van der Waals surface area (Å²) in [5.41, 5.74) is 1.95. The van der Waals surface area contributed by atoms with E-state index in [-0.39, 0.29) is 0 Å². The van der Waals surface area contributed by atoms with Gasteiger partial charge >= 0.3 is 0 Å². The number of nitrogens with zero attached hydrogens (tertiary/aromatic N) is 6. The van der Waals surface area contributed by atoms with Gasteiger partial charge in [0.1, 0.15) is 12.1 Å². The predicted molar refractivity (Wildman–Crippen MR) is 77.8 cm³/mol. The van der Waals surface area contributed by atoms with Gasteiger partial charge in [-0.3, -0.25) is 9.58 Å². The van der Waals surface area contributed by atoms with E-state index < -0.39 is 0 Å². The van der Waals surface area contributed by atoms with Gasteiger partial charge in [-0.25, -0.2) is 9.97 Å². The van der Waals surface area contributed by atoms with Crippen molar-refractivity contribution in [2.45, 2.75) is 25.8 Å². The van der Waals surface area contributed by atoms with E-state index in [1.807, 2.05) is 18.7 Å². The summed E-state index contributed by atoms with van der Waals surface area (Å²) in [6.07, 6.45) is 4.32. The molecule has 6 nitrogen and oxygen atoms in total. The van der Waals surface area contributed by atoms with Crippen LogP contribution in [0.15, 0.2) is 6.33 Å². The second-order valence-corrected chi connectivity index (χ2v) is 5.88. The number of aromatic nitrogens is 4. The molecule has 4 rings (SSSR count). The van der Waals surface area contributed by atoms with Gasteiger partial charge in [0.05, 0.1) is 11.1 Å². The van der Waals surface area contributed by atoms with Gasteiger partial charge in [0.25, 0.3) is 0 Å². The summed E-state index contributed by atoms with van der Waals surface area (Å²) < 4.78 is 1.85. The quantitative estimate of drug-likeness (QED) is 0.774. The van der Waals surface area contributed by atoms with E-state index in [0.717, 1.165) is 42.2 Å². The van der Waals surface area contributed by atoms with E-state index in [4.69, 9.17) is 0 Å². The first-order chi connectivity index (χ1) is 9.74. The summed E-state index contributed by atoms with van der Waals surface area (Å²) >= 11 is 0. The number of piperazine rings is 1. The van der Waals surface area contributed by atoms with Crippen molar-refractivity contribution < 1.29 is 0 Å². The normalized spacial score (nSPS) is 23.5. The first-order valence-corrected chi connectivity index (χ1v) is 7.37. The SMILES string of the molecule is Cc1nn(C)c2ncnc(N3CCN4CCC[C@H]4C3)c12. The molecule has 20 heavy (non-hydrogen) atoms. The zero-order valence-corrected chi connectivity index (χ0v) is 12.1. The third kappa shape index (κ3) is 1.71. The smallest absolute Gasteiger partial charge is 0.163 e. The Kier molecular flexibility index (Phi) is 2.66. The highest BCUT2D eigenvalue weighted by Crippen LogP contribution is 2.29. The molecule has 2 aromatic heterocycles. The summed E-state index contributed by atoms with van der Waals surface area (Å²) in [5, 5.41) is 5.60. The fourth-order valence-electron chi connectivity index (χ4n) is 3.68. The summed E-state index contributed by atoms with van der Waals surface area (Å²) in [7, 11) is 1.95. The molecule has 6 heteroatoms. The topological polar surface area (TPSA) is 50.1 Å². The summed E-state index contributed by atoms with van der Waals surface area (Å²) in [6.45, 7) is 6.59. The maximum Gasteiger partial charge on any atom is 0.163 e. The Balaban J connectivity index is 1.75. The molecular formula is C14H20N6. The second kappa shape index (κ2) is 4.41. The molecule has 0 aromatic carbocycles. The van der Waals surface area contributed by atoms with E-state index >= 15 is 0 Å². The highest BCUT2D eigenvalue weighted by atomic mass is 15.3. The van der Waals surface area contributed by atoms with Crippen LogP contribution in [0.3, 0.4) is 0 Å². The molecule has 0 N–H and O–H groups in total. The molecule has 0 amide bonds. The average Bonchev–Trinajstić information content (AvgIpc) is 3.03. The molecule has 0 bridgehead atoms. The average molecular weight is 272 g/mol. The van der Waals surface area contributed by atoms with Gasteiger partial charge in [-0.1, -0.05) is 0 Å². The van der Waals surface area contributed by atoms with Gasteiger partial charge in [-0.2, -0.15) is 5.10 Å². The van der Waals surface area contributed by atoms with Crippen LogP contribution in [-0.2, 0) is 7.05 Å². The van der Waals surface area contributed by atoms with Crippen molar-refractivity contribution in [2.75, 3.05) is 31.1 Å². The van der Waals surface area contributed by atoms with Crippen LogP contribution in [0.25, 0.3) is 11.0 Å². The van der Waals surface area contributed by atoms with Crippen molar-refractivity contribution in [2.24, 2.45) is 7.05 Å². The Morgan fingerprint density at radius 3 is 3.00 bits per heavy atom. The number of aryl methyl sites for hydroxylation is 2.